The van der Waals surface area contributed by atoms with Gasteiger partial charge in [-0.2, -0.15) is 0 Å². The first-order valence-electron chi connectivity index (χ1n) is 10.6. The minimum absolute atomic E-state index is 0.0294. The molecule has 0 N–H and O–H groups in total. The van der Waals surface area contributed by atoms with Gasteiger partial charge in [-0.3, -0.25) is 9.10 Å². The minimum Gasteiger partial charge on any atom is -0.368 e. The van der Waals surface area contributed by atoms with Gasteiger partial charge in [-0.05, 0) is 42.0 Å². The molecule has 7 heteroatoms. The van der Waals surface area contributed by atoms with Crippen LogP contribution in [0.5, 0.6) is 0 Å². The summed E-state index contributed by atoms with van der Waals surface area (Å²) < 4.78 is 26.1. The molecule has 1 fully saturated rings. The third kappa shape index (κ3) is 5.11. The number of rotatable bonds is 6. The molecule has 0 atom stereocenters. The number of hydrogen-bond acceptors (Lipinski definition) is 4. The number of carbonyl (C=O) groups excluding carboxylic acids is 1. The summed E-state index contributed by atoms with van der Waals surface area (Å²) in [4.78, 5) is 17.1. The van der Waals surface area contributed by atoms with Crippen molar-refractivity contribution in [3.63, 3.8) is 0 Å². The van der Waals surface area contributed by atoms with Crippen LogP contribution >= 0.6 is 0 Å². The fourth-order valence-electron chi connectivity index (χ4n) is 3.91. The van der Waals surface area contributed by atoms with Crippen molar-refractivity contribution in [3.8, 4) is 0 Å². The van der Waals surface area contributed by atoms with E-state index in [1.807, 2.05) is 53.4 Å². The normalized spacial score (nSPS) is 14.3. The molecule has 0 radical (unpaired) electrons. The number of para-hydroxylation sites is 1. The third-order valence-corrected chi connectivity index (χ3v) is 6.80. The first-order chi connectivity index (χ1) is 15.4. The molecule has 1 aliphatic rings. The summed E-state index contributed by atoms with van der Waals surface area (Å²) in [6, 6.07) is 26.5. The van der Waals surface area contributed by atoms with Crippen molar-refractivity contribution in [1.82, 2.24) is 4.90 Å². The molecule has 0 unspecified atom stereocenters. The molecule has 3 aromatic rings. The van der Waals surface area contributed by atoms with Crippen LogP contribution in [0.2, 0.25) is 0 Å². The smallest absolute Gasteiger partial charge is 0.253 e. The van der Waals surface area contributed by atoms with Crippen molar-refractivity contribution < 1.29 is 13.2 Å². The predicted octanol–water partition coefficient (Wildman–Crippen LogP) is 3.62. The Morgan fingerprint density at radius 3 is 1.94 bits per heavy atom. The molecule has 166 valence electrons. The monoisotopic (exact) mass is 449 g/mol. The molecule has 0 bridgehead atoms. The number of piperazine rings is 1. The predicted molar refractivity (Wildman–Crippen MR) is 128 cm³/mol. The van der Waals surface area contributed by atoms with E-state index in [9.17, 15) is 13.2 Å². The SMILES string of the molecule is CS(=O)(=O)N(Cc1ccccc1)c1ccc(C(=O)N2CCN(c3ccccc3)CC2)cc1. The second-order valence-corrected chi connectivity index (χ2v) is 9.82. The van der Waals surface area contributed by atoms with Gasteiger partial charge in [0.25, 0.3) is 5.91 Å². The van der Waals surface area contributed by atoms with Gasteiger partial charge in [-0.25, -0.2) is 8.42 Å². The van der Waals surface area contributed by atoms with Crippen molar-refractivity contribution in [3.05, 3.63) is 96.1 Å². The summed E-state index contributed by atoms with van der Waals surface area (Å²) in [5, 5.41) is 0. The van der Waals surface area contributed by atoms with E-state index >= 15 is 0 Å². The van der Waals surface area contributed by atoms with Crippen molar-refractivity contribution in [1.29, 1.82) is 0 Å². The van der Waals surface area contributed by atoms with Crippen molar-refractivity contribution in [2.24, 2.45) is 0 Å². The average molecular weight is 450 g/mol. The van der Waals surface area contributed by atoms with Crippen molar-refractivity contribution in [2.45, 2.75) is 6.54 Å². The van der Waals surface area contributed by atoms with Crippen molar-refractivity contribution >= 4 is 27.3 Å². The second kappa shape index (κ2) is 9.44. The average Bonchev–Trinajstić information content (AvgIpc) is 2.83. The van der Waals surface area contributed by atoms with E-state index in [-0.39, 0.29) is 12.5 Å². The summed E-state index contributed by atoms with van der Waals surface area (Å²) in [5.41, 5.74) is 3.18. The summed E-state index contributed by atoms with van der Waals surface area (Å²) >= 11 is 0. The van der Waals surface area contributed by atoms with Crippen LogP contribution in [0, 0.1) is 0 Å². The Morgan fingerprint density at radius 2 is 1.38 bits per heavy atom. The topological polar surface area (TPSA) is 60.9 Å². The van der Waals surface area contributed by atoms with Crippen LogP contribution in [0.3, 0.4) is 0 Å². The number of benzene rings is 3. The number of nitrogens with zero attached hydrogens (tertiary/aromatic N) is 3. The van der Waals surface area contributed by atoms with Crippen LogP contribution in [-0.4, -0.2) is 51.7 Å². The molecule has 0 aromatic heterocycles. The number of carbonyl (C=O) groups is 1. The van der Waals surface area contributed by atoms with Crippen LogP contribution in [0.4, 0.5) is 11.4 Å². The Morgan fingerprint density at radius 1 is 0.812 bits per heavy atom. The third-order valence-electron chi connectivity index (χ3n) is 5.66. The molecule has 0 aliphatic carbocycles. The molecule has 1 saturated heterocycles. The molecular formula is C25H27N3O3S. The van der Waals surface area contributed by atoms with Gasteiger partial charge in [0.15, 0.2) is 0 Å². The van der Waals surface area contributed by atoms with E-state index in [1.54, 1.807) is 24.3 Å². The highest BCUT2D eigenvalue weighted by Crippen LogP contribution is 2.22. The summed E-state index contributed by atoms with van der Waals surface area (Å²) in [7, 11) is -3.47. The van der Waals surface area contributed by atoms with E-state index in [4.69, 9.17) is 0 Å². The molecule has 0 spiro atoms. The lowest BCUT2D eigenvalue weighted by Gasteiger charge is -2.36. The van der Waals surface area contributed by atoms with Gasteiger partial charge in [0.05, 0.1) is 18.5 Å². The number of anilines is 2. The Kier molecular flexibility index (Phi) is 6.46. The number of amides is 1. The van der Waals surface area contributed by atoms with Gasteiger partial charge in [-0.1, -0.05) is 48.5 Å². The highest BCUT2D eigenvalue weighted by molar-refractivity contribution is 7.92. The second-order valence-electron chi connectivity index (χ2n) is 7.92. The molecule has 0 saturated carbocycles. The van der Waals surface area contributed by atoms with Crippen LogP contribution in [0.25, 0.3) is 0 Å². The fourth-order valence-corrected chi connectivity index (χ4v) is 4.80. The van der Waals surface area contributed by atoms with Gasteiger partial charge in [-0.15, -0.1) is 0 Å². The fraction of sp³-hybridized carbons (Fsp3) is 0.240. The van der Waals surface area contributed by atoms with Gasteiger partial charge < -0.3 is 9.80 Å². The summed E-state index contributed by atoms with van der Waals surface area (Å²) in [6.45, 7) is 3.12. The Hall–Kier alpha value is -3.32. The van der Waals surface area contributed by atoms with E-state index in [2.05, 4.69) is 17.0 Å². The first-order valence-corrected chi connectivity index (χ1v) is 12.5. The molecule has 3 aromatic carbocycles. The van der Waals surface area contributed by atoms with Gasteiger partial charge >= 0.3 is 0 Å². The van der Waals surface area contributed by atoms with Crippen LogP contribution in [0.15, 0.2) is 84.9 Å². The Labute approximate surface area is 189 Å². The number of sulfonamides is 1. The summed E-state index contributed by atoms with van der Waals surface area (Å²) in [5.74, 6) is -0.0294. The minimum atomic E-state index is -3.47. The first kappa shape index (κ1) is 21.9. The number of hydrogen-bond donors (Lipinski definition) is 0. The lowest BCUT2D eigenvalue weighted by molar-refractivity contribution is 0.0747. The standard InChI is InChI=1S/C25H27N3O3S/c1-32(30,31)28(20-21-8-4-2-5-9-21)24-14-12-22(13-15-24)25(29)27-18-16-26(17-19-27)23-10-6-3-7-11-23/h2-15H,16-20H2,1H3. The van der Waals surface area contributed by atoms with E-state index in [1.165, 1.54) is 16.2 Å². The maximum absolute atomic E-state index is 13.0. The quantitative estimate of drug-likeness (QED) is 0.577. The van der Waals surface area contributed by atoms with E-state index < -0.39 is 10.0 Å². The zero-order chi connectivity index (χ0) is 22.6. The van der Waals surface area contributed by atoms with E-state index in [0.29, 0.717) is 24.3 Å². The van der Waals surface area contributed by atoms with Crippen LogP contribution < -0.4 is 9.21 Å². The highest BCUT2D eigenvalue weighted by Gasteiger charge is 2.23. The maximum Gasteiger partial charge on any atom is 0.253 e. The van der Waals surface area contributed by atoms with Gasteiger partial charge in [0.2, 0.25) is 10.0 Å². The molecule has 4 rings (SSSR count). The molecule has 1 heterocycles. The largest absolute Gasteiger partial charge is 0.368 e. The molecule has 32 heavy (non-hydrogen) atoms. The zero-order valence-corrected chi connectivity index (χ0v) is 18.9. The molecule has 1 aliphatic heterocycles. The Bertz CT molecular complexity index is 1140. The molecular weight excluding hydrogens is 422 g/mol. The lowest BCUT2D eigenvalue weighted by atomic mass is 10.1. The summed E-state index contributed by atoms with van der Waals surface area (Å²) in [6.07, 6.45) is 1.20. The zero-order valence-electron chi connectivity index (χ0n) is 18.1. The highest BCUT2D eigenvalue weighted by atomic mass is 32.2. The molecule has 6 nitrogen and oxygen atoms in total. The van der Waals surface area contributed by atoms with E-state index in [0.717, 1.165) is 18.7 Å². The molecule has 1 amide bonds. The Balaban J connectivity index is 1.44. The van der Waals surface area contributed by atoms with Gasteiger partial charge in [0, 0.05) is 37.4 Å². The van der Waals surface area contributed by atoms with Crippen LogP contribution in [0.1, 0.15) is 15.9 Å². The van der Waals surface area contributed by atoms with Gasteiger partial charge in [0.1, 0.15) is 0 Å². The maximum atomic E-state index is 13.0. The van der Waals surface area contributed by atoms with Crippen LogP contribution in [-0.2, 0) is 16.6 Å². The lowest BCUT2D eigenvalue weighted by Crippen LogP contribution is -2.48. The van der Waals surface area contributed by atoms with Crippen molar-refractivity contribution in [2.75, 3.05) is 41.6 Å².